The quantitative estimate of drug-likeness (QED) is 0.886. The SMILES string of the molecule is CCC1(CC)CN(c2ccc(C)cc2F)CCN1. The molecule has 0 spiro atoms. The molecular weight excluding hydrogens is 227 g/mol. The first-order valence-corrected chi connectivity index (χ1v) is 6.86. The van der Waals surface area contributed by atoms with Crippen LogP contribution in [0.5, 0.6) is 0 Å². The minimum Gasteiger partial charge on any atom is -0.366 e. The van der Waals surface area contributed by atoms with Crippen molar-refractivity contribution in [1.29, 1.82) is 0 Å². The van der Waals surface area contributed by atoms with Gasteiger partial charge in [-0.15, -0.1) is 0 Å². The maximum atomic E-state index is 14.0. The topological polar surface area (TPSA) is 15.3 Å². The highest BCUT2D eigenvalue weighted by molar-refractivity contribution is 5.50. The molecule has 0 atom stereocenters. The Morgan fingerprint density at radius 1 is 1.33 bits per heavy atom. The Kier molecular flexibility index (Phi) is 3.91. The minimum atomic E-state index is -0.0991. The number of hydrogen-bond donors (Lipinski definition) is 1. The second-order valence-electron chi connectivity index (χ2n) is 5.29. The first-order chi connectivity index (χ1) is 8.60. The molecule has 0 saturated carbocycles. The molecule has 18 heavy (non-hydrogen) atoms. The maximum absolute atomic E-state index is 14.0. The zero-order chi connectivity index (χ0) is 13.2. The molecule has 0 amide bonds. The van der Waals surface area contributed by atoms with Crippen molar-refractivity contribution in [1.82, 2.24) is 5.32 Å². The molecule has 1 N–H and O–H groups in total. The minimum absolute atomic E-state index is 0.0991. The van der Waals surface area contributed by atoms with Gasteiger partial charge in [-0.25, -0.2) is 4.39 Å². The molecule has 100 valence electrons. The molecule has 1 aliphatic heterocycles. The van der Waals surface area contributed by atoms with Gasteiger partial charge in [-0.1, -0.05) is 19.9 Å². The van der Waals surface area contributed by atoms with Crippen LogP contribution in [0.4, 0.5) is 10.1 Å². The molecule has 1 fully saturated rings. The van der Waals surface area contributed by atoms with Crippen LogP contribution >= 0.6 is 0 Å². The van der Waals surface area contributed by atoms with Gasteiger partial charge in [0.1, 0.15) is 5.82 Å². The number of halogens is 1. The molecule has 2 nitrogen and oxygen atoms in total. The van der Waals surface area contributed by atoms with Crippen molar-refractivity contribution in [3.63, 3.8) is 0 Å². The number of rotatable bonds is 3. The van der Waals surface area contributed by atoms with Crippen molar-refractivity contribution in [2.24, 2.45) is 0 Å². The van der Waals surface area contributed by atoms with Crippen LogP contribution in [-0.2, 0) is 0 Å². The summed E-state index contributed by atoms with van der Waals surface area (Å²) in [5.41, 5.74) is 1.85. The molecule has 1 saturated heterocycles. The summed E-state index contributed by atoms with van der Waals surface area (Å²) in [5, 5.41) is 3.60. The van der Waals surface area contributed by atoms with E-state index in [1.165, 1.54) is 0 Å². The highest BCUT2D eigenvalue weighted by Crippen LogP contribution is 2.27. The standard InChI is InChI=1S/C15H23FN2/c1-4-15(5-2)11-18(9-8-17-15)14-7-6-12(3)10-13(14)16/h6-7,10,17H,4-5,8-9,11H2,1-3H3. The summed E-state index contributed by atoms with van der Waals surface area (Å²) >= 11 is 0. The fraction of sp³-hybridized carbons (Fsp3) is 0.600. The van der Waals surface area contributed by atoms with Crippen LogP contribution in [0.2, 0.25) is 0 Å². The fourth-order valence-electron chi connectivity index (χ4n) is 2.75. The summed E-state index contributed by atoms with van der Waals surface area (Å²) < 4.78 is 14.0. The van der Waals surface area contributed by atoms with Gasteiger partial charge in [0.2, 0.25) is 0 Å². The van der Waals surface area contributed by atoms with Crippen LogP contribution in [0.1, 0.15) is 32.3 Å². The molecule has 3 heteroatoms. The van der Waals surface area contributed by atoms with Gasteiger partial charge < -0.3 is 10.2 Å². The fourth-order valence-corrected chi connectivity index (χ4v) is 2.75. The molecule has 1 aromatic carbocycles. The predicted molar refractivity (Wildman–Crippen MR) is 74.7 cm³/mol. The summed E-state index contributed by atoms with van der Waals surface area (Å²) in [5.74, 6) is -0.0991. The van der Waals surface area contributed by atoms with Gasteiger partial charge >= 0.3 is 0 Å². The van der Waals surface area contributed by atoms with Crippen LogP contribution in [0, 0.1) is 12.7 Å². The van der Waals surface area contributed by atoms with Crippen molar-refractivity contribution in [3.05, 3.63) is 29.6 Å². The number of aryl methyl sites for hydroxylation is 1. The van der Waals surface area contributed by atoms with Gasteiger partial charge in [0.15, 0.2) is 0 Å². The van der Waals surface area contributed by atoms with E-state index in [-0.39, 0.29) is 11.4 Å². The van der Waals surface area contributed by atoms with Gasteiger partial charge in [-0.05, 0) is 37.5 Å². The Hall–Kier alpha value is -1.09. The Bertz CT molecular complexity index is 413. The van der Waals surface area contributed by atoms with Crippen molar-refractivity contribution in [3.8, 4) is 0 Å². The molecule has 2 rings (SSSR count). The van der Waals surface area contributed by atoms with Crippen LogP contribution in [-0.4, -0.2) is 25.2 Å². The van der Waals surface area contributed by atoms with Gasteiger partial charge in [0.25, 0.3) is 0 Å². The van der Waals surface area contributed by atoms with Crippen LogP contribution < -0.4 is 10.2 Å². The number of benzene rings is 1. The molecule has 0 bridgehead atoms. The van der Waals surface area contributed by atoms with E-state index in [0.717, 1.165) is 43.7 Å². The van der Waals surface area contributed by atoms with E-state index in [0.29, 0.717) is 0 Å². The zero-order valence-corrected chi connectivity index (χ0v) is 11.6. The zero-order valence-electron chi connectivity index (χ0n) is 11.6. The summed E-state index contributed by atoms with van der Waals surface area (Å²) in [6.07, 6.45) is 2.15. The third-order valence-electron chi connectivity index (χ3n) is 4.17. The molecule has 0 aliphatic carbocycles. The smallest absolute Gasteiger partial charge is 0.146 e. The molecule has 1 heterocycles. The van der Waals surface area contributed by atoms with Gasteiger partial charge in [-0.3, -0.25) is 0 Å². The predicted octanol–water partition coefficient (Wildman–Crippen LogP) is 3.10. The average molecular weight is 250 g/mol. The van der Waals surface area contributed by atoms with Crippen molar-refractivity contribution in [2.75, 3.05) is 24.5 Å². The molecule has 0 unspecified atom stereocenters. The summed E-state index contributed by atoms with van der Waals surface area (Å²) in [7, 11) is 0. The van der Waals surface area contributed by atoms with Gasteiger partial charge in [-0.2, -0.15) is 0 Å². The number of nitrogens with one attached hydrogen (secondary N) is 1. The first kappa shape index (κ1) is 13.3. The number of hydrogen-bond acceptors (Lipinski definition) is 2. The third-order valence-corrected chi connectivity index (χ3v) is 4.17. The first-order valence-electron chi connectivity index (χ1n) is 6.86. The summed E-state index contributed by atoms with van der Waals surface area (Å²) in [6, 6.07) is 5.52. The van der Waals surface area contributed by atoms with Crippen molar-refractivity contribution < 1.29 is 4.39 Å². The second kappa shape index (κ2) is 5.27. The van der Waals surface area contributed by atoms with E-state index < -0.39 is 0 Å². The number of nitrogens with zero attached hydrogens (tertiary/aromatic N) is 1. The number of piperazine rings is 1. The number of anilines is 1. The molecule has 1 aliphatic rings. The van der Waals surface area contributed by atoms with Crippen LogP contribution in [0.25, 0.3) is 0 Å². The highest BCUT2D eigenvalue weighted by atomic mass is 19.1. The van der Waals surface area contributed by atoms with Crippen molar-refractivity contribution in [2.45, 2.75) is 39.2 Å². The average Bonchev–Trinajstić information content (AvgIpc) is 2.38. The van der Waals surface area contributed by atoms with E-state index >= 15 is 0 Å². The lowest BCUT2D eigenvalue weighted by atomic mass is 9.90. The van der Waals surface area contributed by atoms with Crippen LogP contribution in [0.3, 0.4) is 0 Å². The van der Waals surface area contributed by atoms with Gasteiger partial charge in [0, 0.05) is 25.2 Å². The van der Waals surface area contributed by atoms with E-state index in [4.69, 9.17) is 0 Å². The Balaban J connectivity index is 2.23. The largest absolute Gasteiger partial charge is 0.366 e. The van der Waals surface area contributed by atoms with Gasteiger partial charge in [0.05, 0.1) is 5.69 Å². The van der Waals surface area contributed by atoms with Crippen LogP contribution in [0.15, 0.2) is 18.2 Å². The van der Waals surface area contributed by atoms with E-state index in [9.17, 15) is 4.39 Å². The van der Waals surface area contributed by atoms with E-state index in [1.807, 2.05) is 19.1 Å². The molecular formula is C15H23FN2. The summed E-state index contributed by atoms with van der Waals surface area (Å²) in [4.78, 5) is 2.18. The molecule has 1 aromatic rings. The highest BCUT2D eigenvalue weighted by Gasteiger charge is 2.32. The Labute approximate surface area is 109 Å². The Morgan fingerprint density at radius 2 is 2.06 bits per heavy atom. The summed E-state index contributed by atoms with van der Waals surface area (Å²) in [6.45, 7) is 9.01. The van der Waals surface area contributed by atoms with E-state index in [2.05, 4.69) is 24.1 Å². The maximum Gasteiger partial charge on any atom is 0.146 e. The van der Waals surface area contributed by atoms with Crippen molar-refractivity contribution >= 4 is 5.69 Å². The molecule has 0 radical (unpaired) electrons. The molecule has 0 aromatic heterocycles. The lowest BCUT2D eigenvalue weighted by molar-refractivity contribution is 0.276. The normalized spacial score (nSPS) is 19.0. The lowest BCUT2D eigenvalue weighted by Gasteiger charge is -2.44. The van der Waals surface area contributed by atoms with E-state index in [1.54, 1.807) is 6.07 Å². The third kappa shape index (κ3) is 2.51. The Morgan fingerprint density at radius 3 is 2.67 bits per heavy atom. The monoisotopic (exact) mass is 250 g/mol. The second-order valence-corrected chi connectivity index (χ2v) is 5.29. The lowest BCUT2D eigenvalue weighted by Crippen LogP contribution is -2.60.